The summed E-state index contributed by atoms with van der Waals surface area (Å²) in [4.78, 5) is 15.4. The van der Waals surface area contributed by atoms with Gasteiger partial charge in [-0.25, -0.2) is 9.36 Å². The molecule has 0 fully saturated rings. The van der Waals surface area contributed by atoms with Gasteiger partial charge in [0.25, 0.3) is 5.95 Å². The Morgan fingerprint density at radius 2 is 1.93 bits per heavy atom. The van der Waals surface area contributed by atoms with E-state index < -0.39 is 0 Å². The molecule has 3 rings (SSSR count). The summed E-state index contributed by atoms with van der Waals surface area (Å²) < 4.78 is 3.00. The van der Waals surface area contributed by atoms with Crippen LogP contribution in [0.25, 0.3) is 5.95 Å². The number of amides is 1. The fraction of sp³-hybridized carbons (Fsp3) is 0.333. The smallest absolute Gasteiger partial charge is 0.271 e. The molecule has 0 spiro atoms. The number of nitrogens with zero attached hydrogens (tertiary/aromatic N) is 6. The number of nitrogens with two attached hydrogens (primary N) is 1. The van der Waals surface area contributed by atoms with Crippen molar-refractivity contribution in [2.24, 2.45) is 0 Å². The average molecular weight is 418 g/mol. The van der Waals surface area contributed by atoms with E-state index in [0.717, 1.165) is 17.0 Å². The lowest BCUT2D eigenvalue weighted by Gasteiger charge is -2.17. The van der Waals surface area contributed by atoms with Crippen LogP contribution in [0.4, 0.5) is 0 Å². The van der Waals surface area contributed by atoms with Gasteiger partial charge in [-0.2, -0.15) is 5.10 Å². The molecule has 0 aliphatic rings. The van der Waals surface area contributed by atoms with E-state index in [2.05, 4.69) is 27.4 Å². The van der Waals surface area contributed by atoms with Crippen LogP contribution in [0.1, 0.15) is 17.0 Å². The monoisotopic (exact) mass is 417 g/mol. The van der Waals surface area contributed by atoms with Crippen molar-refractivity contribution in [2.75, 3.05) is 24.9 Å². The number of benzene rings is 1. The molecule has 0 saturated carbocycles. The molecule has 2 aromatic heterocycles. The number of hydrogen-bond acceptors (Lipinski definition) is 7. The molecule has 28 heavy (non-hydrogen) atoms. The van der Waals surface area contributed by atoms with E-state index in [0.29, 0.717) is 17.6 Å². The lowest BCUT2D eigenvalue weighted by atomic mass is 10.2. The number of carbonyl (C=O) groups is 1. The number of aryl methyl sites for hydroxylation is 2. The third-order valence-corrected chi connectivity index (χ3v) is 5.85. The highest BCUT2D eigenvalue weighted by molar-refractivity contribution is 7.99. The maximum atomic E-state index is 12.5. The van der Waals surface area contributed by atoms with Crippen LogP contribution in [0.5, 0.6) is 0 Å². The summed E-state index contributed by atoms with van der Waals surface area (Å²) in [6.45, 7) is 4.38. The first-order chi connectivity index (χ1) is 13.4. The first-order valence-corrected chi connectivity index (χ1v) is 10.8. The molecule has 0 atom stereocenters. The first-order valence-electron chi connectivity index (χ1n) is 8.63. The minimum absolute atomic E-state index is 0.00499. The zero-order valence-corrected chi connectivity index (χ0v) is 17.9. The maximum absolute atomic E-state index is 12.5. The summed E-state index contributed by atoms with van der Waals surface area (Å²) in [5.41, 5.74) is 2.88. The highest BCUT2D eigenvalue weighted by atomic mass is 32.2. The SMILES string of the molecule is CSc1ccc(CN(C)C(=O)CSc2nnc(-n3nc(C)cc3C)n2N)cc1. The summed E-state index contributed by atoms with van der Waals surface area (Å²) in [5.74, 6) is 6.75. The Hall–Kier alpha value is -2.46. The molecule has 0 bridgehead atoms. The largest absolute Gasteiger partial charge is 0.341 e. The minimum atomic E-state index is -0.00499. The summed E-state index contributed by atoms with van der Waals surface area (Å²) in [7, 11) is 1.79. The van der Waals surface area contributed by atoms with Gasteiger partial charge in [-0.05, 0) is 43.9 Å². The summed E-state index contributed by atoms with van der Waals surface area (Å²) >= 11 is 2.95. The van der Waals surface area contributed by atoms with Crippen LogP contribution in [0.2, 0.25) is 0 Å². The van der Waals surface area contributed by atoms with Gasteiger partial charge >= 0.3 is 0 Å². The Labute approximate surface area is 172 Å². The highest BCUT2D eigenvalue weighted by Gasteiger charge is 2.17. The number of thioether (sulfide) groups is 2. The van der Waals surface area contributed by atoms with E-state index >= 15 is 0 Å². The molecule has 8 nitrogen and oxygen atoms in total. The predicted octanol–water partition coefficient (Wildman–Crippen LogP) is 2.27. The Kier molecular flexibility index (Phi) is 6.30. The van der Waals surface area contributed by atoms with Gasteiger partial charge in [0, 0.05) is 24.2 Å². The van der Waals surface area contributed by atoms with Crippen molar-refractivity contribution in [3.63, 3.8) is 0 Å². The second-order valence-corrected chi connectivity index (χ2v) is 8.20. The predicted molar refractivity (Wildman–Crippen MR) is 112 cm³/mol. The van der Waals surface area contributed by atoms with Gasteiger partial charge in [-0.3, -0.25) is 4.79 Å². The Morgan fingerprint density at radius 1 is 1.21 bits per heavy atom. The van der Waals surface area contributed by atoms with Crippen molar-refractivity contribution in [2.45, 2.75) is 30.4 Å². The zero-order valence-electron chi connectivity index (χ0n) is 16.3. The van der Waals surface area contributed by atoms with Crippen molar-refractivity contribution >= 4 is 29.4 Å². The highest BCUT2D eigenvalue weighted by Crippen LogP contribution is 2.19. The van der Waals surface area contributed by atoms with Gasteiger partial charge in [0.1, 0.15) is 0 Å². The fourth-order valence-corrected chi connectivity index (χ4v) is 3.87. The van der Waals surface area contributed by atoms with Gasteiger partial charge in [0.15, 0.2) is 0 Å². The molecule has 0 aliphatic heterocycles. The molecule has 1 amide bonds. The molecule has 3 aromatic rings. The Morgan fingerprint density at radius 3 is 2.54 bits per heavy atom. The molecule has 2 heterocycles. The van der Waals surface area contributed by atoms with Crippen molar-refractivity contribution in [1.29, 1.82) is 0 Å². The van der Waals surface area contributed by atoms with Crippen LogP contribution in [0.3, 0.4) is 0 Å². The first kappa shape index (κ1) is 20.3. The molecular weight excluding hydrogens is 394 g/mol. The second kappa shape index (κ2) is 8.70. The van der Waals surface area contributed by atoms with E-state index in [1.165, 1.54) is 21.3 Å². The Balaban J connectivity index is 1.60. The lowest BCUT2D eigenvalue weighted by molar-refractivity contribution is -0.127. The molecule has 0 unspecified atom stereocenters. The quantitative estimate of drug-likeness (QED) is 0.465. The molecular formula is C18H23N7OS2. The minimum Gasteiger partial charge on any atom is -0.341 e. The average Bonchev–Trinajstić information content (AvgIpc) is 3.21. The third kappa shape index (κ3) is 4.50. The van der Waals surface area contributed by atoms with Gasteiger partial charge in [0.05, 0.1) is 11.4 Å². The number of carbonyl (C=O) groups excluding carboxylic acids is 1. The van der Waals surface area contributed by atoms with Crippen molar-refractivity contribution in [3.05, 3.63) is 47.3 Å². The van der Waals surface area contributed by atoms with Gasteiger partial charge in [-0.1, -0.05) is 23.9 Å². The Bertz CT molecular complexity index is 965. The zero-order chi connectivity index (χ0) is 20.3. The topological polar surface area (TPSA) is 94.9 Å². The van der Waals surface area contributed by atoms with Gasteiger partial charge in [-0.15, -0.1) is 22.0 Å². The van der Waals surface area contributed by atoms with Gasteiger partial charge < -0.3 is 10.7 Å². The van der Waals surface area contributed by atoms with E-state index in [1.807, 2.05) is 38.3 Å². The summed E-state index contributed by atoms with van der Waals surface area (Å²) in [5, 5.41) is 13.0. The van der Waals surface area contributed by atoms with Crippen molar-refractivity contribution in [3.8, 4) is 5.95 Å². The number of aromatic nitrogens is 5. The fourth-order valence-electron chi connectivity index (χ4n) is 2.67. The molecule has 1 aromatic carbocycles. The number of rotatable bonds is 7. The van der Waals surface area contributed by atoms with E-state index in [1.54, 1.807) is 28.4 Å². The van der Waals surface area contributed by atoms with E-state index in [4.69, 9.17) is 5.84 Å². The second-order valence-electron chi connectivity index (χ2n) is 6.38. The van der Waals surface area contributed by atoms with Crippen molar-refractivity contribution < 1.29 is 4.79 Å². The lowest BCUT2D eigenvalue weighted by Crippen LogP contribution is -2.28. The molecule has 0 radical (unpaired) electrons. The molecule has 0 aliphatic carbocycles. The number of nitrogen functional groups attached to an aromatic ring is 1. The molecule has 10 heteroatoms. The normalized spacial score (nSPS) is 11.0. The van der Waals surface area contributed by atoms with Crippen LogP contribution < -0.4 is 5.84 Å². The summed E-state index contributed by atoms with van der Waals surface area (Å²) in [6.07, 6.45) is 2.04. The number of hydrogen-bond donors (Lipinski definition) is 1. The van der Waals surface area contributed by atoms with Crippen LogP contribution in [-0.2, 0) is 11.3 Å². The van der Waals surface area contributed by atoms with Crippen LogP contribution in [0, 0.1) is 13.8 Å². The van der Waals surface area contributed by atoms with Crippen LogP contribution in [-0.4, -0.2) is 54.5 Å². The van der Waals surface area contributed by atoms with Crippen LogP contribution >= 0.6 is 23.5 Å². The maximum Gasteiger partial charge on any atom is 0.271 e. The van der Waals surface area contributed by atoms with E-state index in [9.17, 15) is 4.79 Å². The van der Waals surface area contributed by atoms with Gasteiger partial charge in [0.2, 0.25) is 11.1 Å². The van der Waals surface area contributed by atoms with Crippen molar-refractivity contribution in [1.82, 2.24) is 29.6 Å². The molecule has 2 N–H and O–H groups in total. The van der Waals surface area contributed by atoms with Crippen LogP contribution in [0.15, 0.2) is 40.4 Å². The van der Waals surface area contributed by atoms with E-state index in [-0.39, 0.29) is 11.7 Å². The summed E-state index contributed by atoms with van der Waals surface area (Å²) in [6, 6.07) is 10.1. The standard InChI is InChI=1S/C18H23N7OS2/c1-12-9-13(2)25(22-12)17-20-21-18(24(17)19)28-11-16(26)23(3)10-14-5-7-15(27-4)8-6-14/h5-9H,10-11,19H2,1-4H3. The molecule has 148 valence electrons. The molecule has 0 saturated heterocycles. The third-order valence-electron chi connectivity index (χ3n) is 4.17.